The van der Waals surface area contributed by atoms with Crippen molar-refractivity contribution in [3.8, 4) is 11.4 Å². The maximum Gasteiger partial charge on any atom is 0.341 e. The van der Waals surface area contributed by atoms with Gasteiger partial charge in [0, 0.05) is 54.7 Å². The molecule has 4 aromatic carbocycles. The molecule has 2 unspecified atom stereocenters. The average Bonchev–Trinajstić information content (AvgIpc) is 3.58. The Balaban J connectivity index is 0.000000197. The predicted octanol–water partition coefficient (Wildman–Crippen LogP) is 8.18. The molecule has 63 heavy (non-hydrogen) atoms. The van der Waals surface area contributed by atoms with Gasteiger partial charge in [0.1, 0.15) is 40.1 Å². The first-order valence-electron chi connectivity index (χ1n) is 18.1. The maximum atomic E-state index is 16.3. The summed E-state index contributed by atoms with van der Waals surface area (Å²) in [6, 6.07) is 4.42. The van der Waals surface area contributed by atoms with Gasteiger partial charge in [-0.2, -0.15) is 0 Å². The van der Waals surface area contributed by atoms with Gasteiger partial charge in [0.05, 0.1) is 38.7 Å². The Kier molecular flexibility index (Phi) is 11.0. The summed E-state index contributed by atoms with van der Waals surface area (Å²) in [5, 5.41) is 17.3. The number of nitrogens with two attached hydrogens (primary N) is 1. The van der Waals surface area contributed by atoms with Crippen LogP contribution in [0, 0.1) is 58.3 Å². The fourth-order valence-electron chi connectivity index (χ4n) is 7.67. The minimum atomic E-state index is -1.96. The van der Waals surface area contributed by atoms with Crippen LogP contribution in [0.15, 0.2) is 95.8 Å². The topological polar surface area (TPSA) is 148 Å². The Labute approximate surface area is 347 Å². The molecule has 322 valence electrons. The van der Waals surface area contributed by atoms with E-state index >= 15 is 8.78 Å². The second-order valence-corrected chi connectivity index (χ2v) is 14.2. The summed E-state index contributed by atoms with van der Waals surface area (Å²) in [7, 11) is 0. The Morgan fingerprint density at radius 2 is 1.16 bits per heavy atom. The van der Waals surface area contributed by atoms with Gasteiger partial charge < -0.3 is 30.0 Å². The van der Waals surface area contributed by atoms with Crippen LogP contribution in [0.2, 0.25) is 0 Å². The third kappa shape index (κ3) is 7.04. The smallest absolute Gasteiger partial charge is 0.341 e. The Bertz CT molecular complexity index is 3220. The van der Waals surface area contributed by atoms with Crippen molar-refractivity contribution in [2.24, 2.45) is 11.7 Å². The lowest BCUT2D eigenvalue weighted by atomic mass is 9.85. The van der Waals surface area contributed by atoms with E-state index in [0.29, 0.717) is 29.0 Å². The number of carboxylic acids is 2. The number of benzene rings is 4. The zero-order valence-corrected chi connectivity index (χ0v) is 31.8. The molecule has 0 amide bonds. The summed E-state index contributed by atoms with van der Waals surface area (Å²) in [6.45, 7) is 6.92. The monoisotopic (exact) mass is 878 g/mol. The number of fused-ring (bicyclic) bond motifs is 3. The SMILES string of the molecule is C=Cc1c(F)c(F)c(F)c2c1c(=O)c(C(=O)O)cn2-c1ccc(F)cc1F.C=Cc1c(F)c(N2CC3C=CC=CC3(N)C2)c(F)c2c1c(=O)c(C(=O)O)cn2-c1ccc(F)cc1F. The number of hydrogen-bond donors (Lipinski definition) is 3. The van der Waals surface area contributed by atoms with Crippen LogP contribution in [0.1, 0.15) is 31.8 Å². The number of pyridine rings is 2. The minimum absolute atomic E-state index is 0.0385. The van der Waals surface area contributed by atoms with Crippen LogP contribution >= 0.6 is 0 Å². The average molecular weight is 879 g/mol. The molecule has 0 saturated carbocycles. The molecule has 2 aliphatic rings. The molecule has 1 aliphatic carbocycles. The van der Waals surface area contributed by atoms with Crippen LogP contribution in [0.4, 0.5) is 45.2 Å². The van der Waals surface area contributed by atoms with Crippen LogP contribution in [0.25, 0.3) is 45.3 Å². The molecule has 6 aromatic rings. The van der Waals surface area contributed by atoms with Gasteiger partial charge in [-0.05, 0) is 24.3 Å². The molecule has 2 atom stereocenters. The third-order valence-electron chi connectivity index (χ3n) is 10.6. The zero-order chi connectivity index (χ0) is 46.0. The first kappa shape index (κ1) is 43.4. The number of hydrogen-bond acceptors (Lipinski definition) is 6. The highest BCUT2D eigenvalue weighted by Crippen LogP contribution is 2.41. The van der Waals surface area contributed by atoms with Crippen LogP contribution in [-0.4, -0.2) is 49.9 Å². The number of allylic oxidation sites excluding steroid dienone is 2. The fraction of sp³-hybridized carbons (Fsp3) is 0.0909. The van der Waals surface area contributed by atoms with Crippen molar-refractivity contribution in [3.05, 3.63) is 181 Å². The summed E-state index contributed by atoms with van der Waals surface area (Å²) < 4.78 is 132. The van der Waals surface area contributed by atoms with E-state index in [2.05, 4.69) is 13.2 Å². The molecule has 0 spiro atoms. The molecule has 3 heterocycles. The molecule has 2 aromatic heterocycles. The highest BCUT2D eigenvalue weighted by Gasteiger charge is 2.44. The lowest BCUT2D eigenvalue weighted by Crippen LogP contribution is -2.46. The predicted molar refractivity (Wildman–Crippen MR) is 214 cm³/mol. The summed E-state index contributed by atoms with van der Waals surface area (Å²) in [5.74, 6) is -15.9. The second-order valence-electron chi connectivity index (χ2n) is 14.2. The molecular weight excluding hydrogens is 851 g/mol. The maximum absolute atomic E-state index is 16.3. The third-order valence-corrected chi connectivity index (χ3v) is 10.6. The summed E-state index contributed by atoms with van der Waals surface area (Å²) in [5.41, 5.74) is -3.00. The van der Waals surface area contributed by atoms with Crippen molar-refractivity contribution in [2.75, 3.05) is 18.0 Å². The first-order valence-corrected chi connectivity index (χ1v) is 18.1. The van der Waals surface area contributed by atoms with Crippen molar-refractivity contribution in [1.82, 2.24) is 9.13 Å². The van der Waals surface area contributed by atoms with Crippen molar-refractivity contribution < 1.29 is 59.3 Å². The van der Waals surface area contributed by atoms with Gasteiger partial charge in [0.15, 0.2) is 29.1 Å². The molecule has 0 radical (unpaired) electrons. The molecule has 1 saturated heterocycles. The van der Waals surface area contributed by atoms with Gasteiger partial charge in [-0.3, -0.25) is 9.59 Å². The fourth-order valence-corrected chi connectivity index (χ4v) is 7.67. The lowest BCUT2D eigenvalue weighted by molar-refractivity contribution is 0.0684. The van der Waals surface area contributed by atoms with Crippen molar-refractivity contribution in [3.63, 3.8) is 0 Å². The van der Waals surface area contributed by atoms with E-state index < -0.39 is 142 Å². The number of carboxylic acid groups (broad SMARTS) is 2. The van der Waals surface area contributed by atoms with E-state index in [4.69, 9.17) is 5.73 Å². The van der Waals surface area contributed by atoms with Crippen LogP contribution in [0.5, 0.6) is 0 Å². The molecule has 1 fully saturated rings. The molecule has 19 heteroatoms. The van der Waals surface area contributed by atoms with E-state index in [1.165, 1.54) is 4.90 Å². The largest absolute Gasteiger partial charge is 0.477 e. The molecule has 4 N–H and O–H groups in total. The molecule has 8 rings (SSSR count). The summed E-state index contributed by atoms with van der Waals surface area (Å²) in [6.07, 6.45) is 10.1. The lowest BCUT2D eigenvalue weighted by Gasteiger charge is -2.27. The van der Waals surface area contributed by atoms with E-state index in [1.807, 2.05) is 6.08 Å². The zero-order valence-electron chi connectivity index (χ0n) is 31.8. The van der Waals surface area contributed by atoms with E-state index in [9.17, 15) is 60.1 Å². The Morgan fingerprint density at radius 1 is 0.683 bits per heavy atom. The van der Waals surface area contributed by atoms with E-state index in [1.54, 1.807) is 18.2 Å². The van der Waals surface area contributed by atoms with Gasteiger partial charge in [-0.15, -0.1) is 0 Å². The van der Waals surface area contributed by atoms with Gasteiger partial charge in [-0.25, -0.2) is 49.1 Å². The number of carbonyl (C=O) groups is 2. The summed E-state index contributed by atoms with van der Waals surface area (Å²) in [4.78, 5) is 50.1. The normalized spacial score (nSPS) is 16.5. The van der Waals surface area contributed by atoms with Gasteiger partial charge in [0.2, 0.25) is 10.9 Å². The molecular formula is C44H27F9N4O6. The van der Waals surface area contributed by atoms with Gasteiger partial charge in [0.25, 0.3) is 0 Å². The van der Waals surface area contributed by atoms with Crippen molar-refractivity contribution in [1.29, 1.82) is 0 Å². The van der Waals surface area contributed by atoms with E-state index in [0.717, 1.165) is 41.1 Å². The first-order chi connectivity index (χ1) is 29.8. The van der Waals surface area contributed by atoms with Crippen molar-refractivity contribution in [2.45, 2.75) is 5.54 Å². The minimum Gasteiger partial charge on any atom is -0.477 e. The number of aromatic carboxylic acids is 2. The number of anilines is 1. The number of rotatable bonds is 7. The number of aromatic nitrogens is 2. The number of halogens is 9. The Morgan fingerprint density at radius 3 is 1.60 bits per heavy atom. The molecule has 1 aliphatic heterocycles. The standard InChI is InChI=1S/C26H19F4N3O3.C18H8F5NO3/c1-2-15-19-22(21(30)23(20(15)29)32-10-13-5-3-4-8-26(13,31)12-32)33(11-16(24(19)34)25(35)36)18-7-6-14(27)9-17(18)28;1-2-8-12-16(15(23)14(22)13(8)21)24(6-9(17(12)25)18(26)27)11-4-3-7(19)5-10(11)20/h2-9,11,13H,1,10,12,31H2,(H,35,36);2-6H,1H2,(H,26,27). The molecule has 0 bridgehead atoms. The summed E-state index contributed by atoms with van der Waals surface area (Å²) >= 11 is 0. The second kappa shape index (κ2) is 16.0. The van der Waals surface area contributed by atoms with E-state index in [-0.39, 0.29) is 19.0 Å². The van der Waals surface area contributed by atoms with Crippen LogP contribution in [0.3, 0.4) is 0 Å². The highest BCUT2D eigenvalue weighted by atomic mass is 19.2. The Hall–Kier alpha value is -7.67. The van der Waals surface area contributed by atoms with Crippen LogP contribution in [-0.2, 0) is 0 Å². The highest BCUT2D eigenvalue weighted by molar-refractivity contribution is 5.99. The van der Waals surface area contributed by atoms with Crippen LogP contribution < -0.4 is 21.5 Å². The molecule has 10 nitrogen and oxygen atoms in total. The quantitative estimate of drug-likeness (QED) is 0.108. The van der Waals surface area contributed by atoms with Gasteiger partial charge >= 0.3 is 11.9 Å². The van der Waals surface area contributed by atoms with Crippen molar-refractivity contribution >= 4 is 51.6 Å². The number of nitrogens with zero attached hydrogens (tertiary/aromatic N) is 3. The van der Waals surface area contributed by atoms with Gasteiger partial charge in [-0.1, -0.05) is 49.6 Å².